The van der Waals surface area contributed by atoms with Crippen LogP contribution in [0.1, 0.15) is 46.0 Å². The molecule has 1 unspecified atom stereocenters. The Kier molecular flexibility index (Phi) is 4.15. The molecule has 0 spiro atoms. The van der Waals surface area contributed by atoms with Gasteiger partial charge in [-0.1, -0.05) is 26.7 Å². The summed E-state index contributed by atoms with van der Waals surface area (Å²) in [6.45, 7) is 5.09. The van der Waals surface area contributed by atoms with Crippen LogP contribution in [0.15, 0.2) is 16.6 Å². The smallest absolute Gasteiger partial charge is 0.233 e. The first-order valence-electron chi connectivity index (χ1n) is 7.01. The molecular weight excluding hydrogens is 228 g/mol. The lowest BCUT2D eigenvalue weighted by Gasteiger charge is -2.36. The predicted octanol–water partition coefficient (Wildman–Crippen LogP) is 3.22. The van der Waals surface area contributed by atoms with E-state index in [4.69, 9.17) is 0 Å². The molecule has 0 aromatic rings. The van der Waals surface area contributed by atoms with E-state index in [1.165, 1.54) is 31.9 Å². The normalized spacial score (nSPS) is 25.5. The van der Waals surface area contributed by atoms with E-state index in [0.717, 1.165) is 13.0 Å². The first kappa shape index (κ1) is 13.2. The Hall–Kier alpha value is -1.19. The Balaban J connectivity index is 2.09. The zero-order valence-corrected chi connectivity index (χ0v) is 11.3. The first-order chi connectivity index (χ1) is 8.59. The van der Waals surface area contributed by atoms with Crippen molar-refractivity contribution in [2.24, 2.45) is 16.8 Å². The third-order valence-electron chi connectivity index (χ3n) is 3.94. The average molecular weight is 252 g/mol. The topological polar surface area (TPSA) is 56.1 Å². The number of aliphatic hydroxyl groups is 2. The van der Waals surface area contributed by atoms with Crippen LogP contribution in [0.5, 0.6) is 0 Å². The minimum absolute atomic E-state index is 0.00236. The predicted molar refractivity (Wildman–Crippen MR) is 72.7 cm³/mol. The van der Waals surface area contributed by atoms with E-state index in [1.807, 2.05) is 4.90 Å². The second-order valence-corrected chi connectivity index (χ2v) is 5.82. The Labute approximate surface area is 109 Å². The molecule has 18 heavy (non-hydrogen) atoms. The van der Waals surface area contributed by atoms with Gasteiger partial charge in [0.15, 0.2) is 5.76 Å². The number of rotatable bonds is 4. The third-order valence-corrected chi connectivity index (χ3v) is 3.94. The van der Waals surface area contributed by atoms with Crippen LogP contribution in [0.2, 0.25) is 0 Å². The van der Waals surface area contributed by atoms with Gasteiger partial charge in [0, 0.05) is 6.54 Å². The molecule has 0 amide bonds. The molecule has 1 heterocycles. The van der Waals surface area contributed by atoms with Crippen molar-refractivity contribution in [2.75, 3.05) is 6.54 Å². The van der Waals surface area contributed by atoms with Gasteiger partial charge in [0.05, 0.1) is 6.21 Å². The van der Waals surface area contributed by atoms with Crippen molar-refractivity contribution in [1.29, 1.82) is 0 Å². The number of hydrogen-bond acceptors (Lipinski definition) is 4. The van der Waals surface area contributed by atoms with Gasteiger partial charge in [-0.15, -0.1) is 0 Å². The molecule has 4 heteroatoms. The number of aliphatic hydroxyl groups excluding tert-OH is 2. The van der Waals surface area contributed by atoms with E-state index in [9.17, 15) is 10.2 Å². The molecule has 2 N–H and O–H groups in total. The third kappa shape index (κ3) is 2.79. The van der Waals surface area contributed by atoms with Gasteiger partial charge in [0.25, 0.3) is 0 Å². The maximum atomic E-state index is 10.0. The van der Waals surface area contributed by atoms with Crippen molar-refractivity contribution in [3.05, 3.63) is 11.6 Å². The molecule has 4 nitrogen and oxygen atoms in total. The Morgan fingerprint density at radius 1 is 1.33 bits per heavy atom. The minimum atomic E-state index is -0.104. The zero-order chi connectivity index (χ0) is 13.1. The fourth-order valence-electron chi connectivity index (χ4n) is 2.82. The summed E-state index contributed by atoms with van der Waals surface area (Å²) in [6, 6.07) is 0. The van der Waals surface area contributed by atoms with Gasteiger partial charge in [-0.05, 0) is 31.1 Å². The molecule has 1 aliphatic heterocycles. The molecule has 1 atom stereocenters. The van der Waals surface area contributed by atoms with Crippen molar-refractivity contribution in [2.45, 2.75) is 52.1 Å². The molecule has 102 valence electrons. The molecule has 0 aromatic carbocycles. The van der Waals surface area contributed by atoms with Crippen molar-refractivity contribution in [1.82, 2.24) is 4.90 Å². The summed E-state index contributed by atoms with van der Waals surface area (Å²) < 4.78 is 0. The minimum Gasteiger partial charge on any atom is -0.502 e. The molecule has 2 aliphatic rings. The standard InChI is InChI=1S/C14H24N2O2/c1-10(2)7-8-16-13(11-5-3-4-6-11)15-9-12(17)14(16)18/h9-11,13,17-18H,3-8H2,1-2H3. The van der Waals surface area contributed by atoms with E-state index in [2.05, 4.69) is 18.8 Å². The molecule has 0 radical (unpaired) electrons. The Morgan fingerprint density at radius 2 is 2.00 bits per heavy atom. The Bertz CT molecular complexity index is 344. The van der Waals surface area contributed by atoms with Gasteiger partial charge >= 0.3 is 0 Å². The van der Waals surface area contributed by atoms with Gasteiger partial charge < -0.3 is 15.1 Å². The molecule has 1 fully saturated rings. The van der Waals surface area contributed by atoms with Crippen molar-refractivity contribution >= 4 is 6.21 Å². The van der Waals surface area contributed by atoms with Crippen LogP contribution >= 0.6 is 0 Å². The van der Waals surface area contributed by atoms with E-state index < -0.39 is 0 Å². The summed E-state index contributed by atoms with van der Waals surface area (Å²) in [5, 5.41) is 19.7. The van der Waals surface area contributed by atoms with Crippen molar-refractivity contribution in [3.63, 3.8) is 0 Å². The molecule has 0 saturated heterocycles. The second-order valence-electron chi connectivity index (χ2n) is 5.82. The SMILES string of the molecule is CC(C)CCN1C(O)=C(O)C=NC1C1CCCC1. The lowest BCUT2D eigenvalue weighted by Crippen LogP contribution is -2.42. The molecule has 0 aromatic heterocycles. The summed E-state index contributed by atoms with van der Waals surface area (Å²) in [5.41, 5.74) is 0. The average Bonchev–Trinajstić information content (AvgIpc) is 2.84. The molecular formula is C14H24N2O2. The fourth-order valence-corrected chi connectivity index (χ4v) is 2.82. The lowest BCUT2D eigenvalue weighted by atomic mass is 10.0. The molecule has 2 rings (SSSR count). The van der Waals surface area contributed by atoms with E-state index in [1.54, 1.807) is 0 Å². The molecule has 0 bridgehead atoms. The first-order valence-corrected chi connectivity index (χ1v) is 7.01. The summed E-state index contributed by atoms with van der Waals surface area (Å²) in [5.74, 6) is 0.995. The van der Waals surface area contributed by atoms with E-state index in [-0.39, 0.29) is 17.8 Å². The highest BCUT2D eigenvalue weighted by atomic mass is 16.3. The number of nitrogens with zero attached hydrogens (tertiary/aromatic N) is 2. The van der Waals surface area contributed by atoms with Crippen molar-refractivity contribution < 1.29 is 10.2 Å². The quantitative estimate of drug-likeness (QED) is 0.807. The zero-order valence-electron chi connectivity index (χ0n) is 11.3. The van der Waals surface area contributed by atoms with Gasteiger partial charge in [-0.25, -0.2) is 0 Å². The van der Waals surface area contributed by atoms with Crippen LogP contribution in [0, 0.1) is 11.8 Å². The highest BCUT2D eigenvalue weighted by Gasteiger charge is 2.33. The highest BCUT2D eigenvalue weighted by molar-refractivity contribution is 5.76. The monoisotopic (exact) mass is 252 g/mol. The van der Waals surface area contributed by atoms with E-state index >= 15 is 0 Å². The number of hydrogen-bond donors (Lipinski definition) is 2. The van der Waals surface area contributed by atoms with Gasteiger partial charge in [0.1, 0.15) is 6.17 Å². The summed E-state index contributed by atoms with van der Waals surface area (Å²) in [7, 11) is 0. The maximum Gasteiger partial charge on any atom is 0.233 e. The molecule has 1 aliphatic carbocycles. The van der Waals surface area contributed by atoms with Crippen LogP contribution in [0.3, 0.4) is 0 Å². The summed E-state index contributed by atoms with van der Waals surface area (Å²) >= 11 is 0. The van der Waals surface area contributed by atoms with Crippen LogP contribution in [-0.2, 0) is 0 Å². The van der Waals surface area contributed by atoms with Crippen LogP contribution in [0.4, 0.5) is 0 Å². The largest absolute Gasteiger partial charge is 0.502 e. The molecule has 1 saturated carbocycles. The van der Waals surface area contributed by atoms with Gasteiger partial charge in [0.2, 0.25) is 5.88 Å². The fraction of sp³-hybridized carbons (Fsp3) is 0.786. The van der Waals surface area contributed by atoms with Crippen molar-refractivity contribution in [3.8, 4) is 0 Å². The number of aliphatic imine (C=N–C) groups is 1. The van der Waals surface area contributed by atoms with Crippen LogP contribution in [-0.4, -0.2) is 34.0 Å². The van der Waals surface area contributed by atoms with Gasteiger partial charge in [-0.3, -0.25) is 4.99 Å². The van der Waals surface area contributed by atoms with Crippen LogP contribution in [0.25, 0.3) is 0 Å². The Morgan fingerprint density at radius 3 is 2.61 bits per heavy atom. The lowest BCUT2D eigenvalue weighted by molar-refractivity contribution is 0.0960. The van der Waals surface area contributed by atoms with Crippen LogP contribution < -0.4 is 0 Å². The summed E-state index contributed by atoms with van der Waals surface area (Å²) in [6.07, 6.45) is 7.28. The maximum absolute atomic E-state index is 10.0. The summed E-state index contributed by atoms with van der Waals surface area (Å²) in [4.78, 5) is 6.32. The van der Waals surface area contributed by atoms with E-state index in [0.29, 0.717) is 11.8 Å². The number of allylic oxidation sites excluding steroid dienone is 1. The second kappa shape index (κ2) is 5.63. The highest BCUT2D eigenvalue weighted by Crippen LogP contribution is 2.33. The van der Waals surface area contributed by atoms with Gasteiger partial charge in [-0.2, -0.15) is 0 Å².